The zero-order chi connectivity index (χ0) is 13.0. The van der Waals surface area contributed by atoms with E-state index < -0.39 is 5.97 Å². The number of carboxylic acids is 1. The first-order valence-electron chi connectivity index (χ1n) is 5.96. The third kappa shape index (κ3) is 18.7. The van der Waals surface area contributed by atoms with Crippen molar-refractivity contribution >= 4 is 11.8 Å². The Bertz CT molecular complexity index is 189. The van der Waals surface area contributed by atoms with Crippen LogP contribution in [0.3, 0.4) is 0 Å². The van der Waals surface area contributed by atoms with Gasteiger partial charge in [-0.2, -0.15) is 0 Å². The van der Waals surface area contributed by atoms with Gasteiger partial charge in [-0.1, -0.05) is 39.5 Å². The van der Waals surface area contributed by atoms with Crippen LogP contribution in [0.1, 0.15) is 59.3 Å². The van der Waals surface area contributed by atoms with Crippen LogP contribution in [-0.4, -0.2) is 16.9 Å². The van der Waals surface area contributed by atoms with Crippen LogP contribution < -0.4 is 5.73 Å². The highest BCUT2D eigenvalue weighted by molar-refractivity contribution is 5.76. The number of unbranched alkanes of at least 4 members (excludes halogenated alkanes) is 1. The first-order valence-corrected chi connectivity index (χ1v) is 5.96. The zero-order valence-electron chi connectivity index (χ0n) is 10.8. The summed E-state index contributed by atoms with van der Waals surface area (Å²) in [7, 11) is 0. The van der Waals surface area contributed by atoms with Crippen LogP contribution in [0.4, 0.5) is 0 Å². The number of hydrogen-bond acceptors (Lipinski definition) is 2. The van der Waals surface area contributed by atoms with Crippen molar-refractivity contribution in [3.8, 4) is 0 Å². The fourth-order valence-corrected chi connectivity index (χ4v) is 1.41. The molecule has 4 nitrogen and oxygen atoms in total. The molecule has 0 aliphatic carbocycles. The summed E-state index contributed by atoms with van der Waals surface area (Å²) < 4.78 is 0. The first kappa shape index (κ1) is 17.3. The quantitative estimate of drug-likeness (QED) is 0.464. The molecule has 0 aromatic heterocycles. The summed E-state index contributed by atoms with van der Waals surface area (Å²) in [5.74, 6) is 0.291. The van der Waals surface area contributed by atoms with Crippen LogP contribution in [0, 0.1) is 11.3 Å². The second-order valence-electron chi connectivity index (χ2n) is 4.00. The molecule has 0 aliphatic rings. The number of carbonyl (C=O) groups is 1. The van der Waals surface area contributed by atoms with Crippen molar-refractivity contribution in [2.45, 2.75) is 59.3 Å². The number of hydrogen-bond donors (Lipinski definition) is 3. The average Bonchev–Trinajstić information content (AvgIpc) is 2.17. The Balaban J connectivity index is 0. The van der Waals surface area contributed by atoms with E-state index in [0.29, 0.717) is 5.84 Å². The van der Waals surface area contributed by atoms with Crippen LogP contribution in [-0.2, 0) is 4.79 Å². The van der Waals surface area contributed by atoms with Crippen molar-refractivity contribution in [2.75, 3.05) is 0 Å². The smallest absolute Gasteiger partial charge is 0.300 e. The summed E-state index contributed by atoms with van der Waals surface area (Å²) in [6.07, 6.45) is 7.01. The van der Waals surface area contributed by atoms with E-state index in [0.717, 1.165) is 25.7 Å². The molecule has 0 fully saturated rings. The number of aliphatic carboxylic acids is 1. The Morgan fingerprint density at radius 1 is 1.38 bits per heavy atom. The minimum Gasteiger partial charge on any atom is -0.481 e. The predicted octanol–water partition coefficient (Wildman–Crippen LogP) is 3.01. The summed E-state index contributed by atoms with van der Waals surface area (Å²) >= 11 is 0. The maximum atomic E-state index is 9.00. The second kappa shape index (κ2) is 12.0. The van der Waals surface area contributed by atoms with Crippen LogP contribution >= 0.6 is 0 Å². The van der Waals surface area contributed by atoms with Gasteiger partial charge in [-0.05, 0) is 12.3 Å². The van der Waals surface area contributed by atoms with Gasteiger partial charge in [-0.3, -0.25) is 10.2 Å². The monoisotopic (exact) mass is 230 g/mol. The molecule has 96 valence electrons. The van der Waals surface area contributed by atoms with Gasteiger partial charge in [0.05, 0.1) is 5.84 Å². The molecule has 0 rings (SSSR count). The molecule has 0 saturated carbocycles. The molecule has 0 saturated heterocycles. The lowest BCUT2D eigenvalue weighted by atomic mass is 9.94. The van der Waals surface area contributed by atoms with Crippen molar-refractivity contribution in [3.05, 3.63) is 0 Å². The fourth-order valence-electron chi connectivity index (χ4n) is 1.41. The molecule has 4 N–H and O–H groups in total. The first-order chi connectivity index (χ1) is 7.43. The van der Waals surface area contributed by atoms with E-state index in [-0.39, 0.29) is 0 Å². The van der Waals surface area contributed by atoms with E-state index in [9.17, 15) is 0 Å². The average molecular weight is 230 g/mol. The molecule has 0 amide bonds. The van der Waals surface area contributed by atoms with Crippen LogP contribution in [0.5, 0.6) is 0 Å². The molecule has 0 aromatic carbocycles. The highest BCUT2D eigenvalue weighted by atomic mass is 16.4. The van der Waals surface area contributed by atoms with Gasteiger partial charge >= 0.3 is 0 Å². The lowest BCUT2D eigenvalue weighted by molar-refractivity contribution is -0.134. The van der Waals surface area contributed by atoms with Gasteiger partial charge < -0.3 is 10.8 Å². The number of nitrogens with one attached hydrogen (secondary N) is 1. The highest BCUT2D eigenvalue weighted by Crippen LogP contribution is 2.17. The fraction of sp³-hybridized carbons (Fsp3) is 0.833. The molecule has 16 heavy (non-hydrogen) atoms. The third-order valence-corrected chi connectivity index (χ3v) is 2.37. The lowest BCUT2D eigenvalue weighted by Crippen LogP contribution is -2.11. The van der Waals surface area contributed by atoms with Crippen molar-refractivity contribution in [1.29, 1.82) is 5.41 Å². The van der Waals surface area contributed by atoms with E-state index in [1.807, 2.05) is 0 Å². The van der Waals surface area contributed by atoms with E-state index >= 15 is 0 Å². The maximum Gasteiger partial charge on any atom is 0.300 e. The summed E-state index contributed by atoms with van der Waals surface area (Å²) in [6, 6.07) is 0. The molecule has 0 spiro atoms. The minimum atomic E-state index is -0.833. The summed E-state index contributed by atoms with van der Waals surface area (Å²) in [6.45, 7) is 5.53. The zero-order valence-corrected chi connectivity index (χ0v) is 10.8. The number of amidine groups is 1. The topological polar surface area (TPSA) is 87.2 Å². The van der Waals surface area contributed by atoms with Crippen molar-refractivity contribution in [2.24, 2.45) is 11.7 Å². The van der Waals surface area contributed by atoms with Crippen LogP contribution in [0.25, 0.3) is 0 Å². The Morgan fingerprint density at radius 2 is 1.88 bits per heavy atom. The van der Waals surface area contributed by atoms with Crippen LogP contribution in [0.15, 0.2) is 0 Å². The Morgan fingerprint density at radius 3 is 2.19 bits per heavy atom. The van der Waals surface area contributed by atoms with E-state index in [2.05, 4.69) is 13.8 Å². The summed E-state index contributed by atoms with van der Waals surface area (Å²) in [5, 5.41) is 14.5. The van der Waals surface area contributed by atoms with Gasteiger partial charge in [-0.15, -0.1) is 0 Å². The van der Waals surface area contributed by atoms with E-state index in [4.69, 9.17) is 21.0 Å². The summed E-state index contributed by atoms with van der Waals surface area (Å²) in [5.41, 5.74) is 5.31. The molecule has 0 aliphatic heterocycles. The normalized spacial score (nSPS) is 11.2. The van der Waals surface area contributed by atoms with Crippen molar-refractivity contribution < 1.29 is 9.90 Å². The van der Waals surface area contributed by atoms with Crippen LogP contribution in [0.2, 0.25) is 0 Å². The standard InChI is InChI=1S/C10H22N2.C2H4O2/c1-3-5-6-9(4-2)7-8-10(11)12;1-2(3)4/h9H,3-8H2,1-2H3,(H3,11,12);1H3,(H,3,4). The number of rotatable bonds is 7. The van der Waals surface area contributed by atoms with Crippen molar-refractivity contribution in [1.82, 2.24) is 0 Å². The molecular formula is C12H26N2O2. The maximum absolute atomic E-state index is 9.00. The largest absolute Gasteiger partial charge is 0.481 e. The second-order valence-corrected chi connectivity index (χ2v) is 4.00. The van der Waals surface area contributed by atoms with Crippen molar-refractivity contribution in [3.63, 3.8) is 0 Å². The minimum absolute atomic E-state index is 0.338. The van der Waals surface area contributed by atoms with Gasteiger partial charge in [0.2, 0.25) is 0 Å². The Hall–Kier alpha value is -1.06. The molecule has 0 radical (unpaired) electrons. The van der Waals surface area contributed by atoms with Gasteiger partial charge in [0.1, 0.15) is 0 Å². The Labute approximate surface area is 98.7 Å². The molecule has 4 heteroatoms. The van der Waals surface area contributed by atoms with Gasteiger partial charge in [-0.25, -0.2) is 0 Å². The van der Waals surface area contributed by atoms with E-state index in [1.54, 1.807) is 0 Å². The molecule has 0 aromatic rings. The van der Waals surface area contributed by atoms with Gasteiger partial charge in [0.15, 0.2) is 0 Å². The number of nitrogens with two attached hydrogens (primary N) is 1. The summed E-state index contributed by atoms with van der Waals surface area (Å²) in [4.78, 5) is 9.00. The lowest BCUT2D eigenvalue weighted by Gasteiger charge is -2.12. The van der Waals surface area contributed by atoms with Gasteiger partial charge in [0.25, 0.3) is 5.97 Å². The predicted molar refractivity (Wildman–Crippen MR) is 67.8 cm³/mol. The Kier molecular flexibility index (Phi) is 13.0. The number of carboxylic acid groups (broad SMARTS) is 1. The molecule has 1 atom stereocenters. The molecule has 1 unspecified atom stereocenters. The van der Waals surface area contributed by atoms with Gasteiger partial charge in [0, 0.05) is 13.3 Å². The molecule has 0 bridgehead atoms. The molecule has 0 heterocycles. The third-order valence-electron chi connectivity index (χ3n) is 2.37. The van der Waals surface area contributed by atoms with E-state index in [1.165, 1.54) is 25.7 Å². The molecular weight excluding hydrogens is 204 g/mol. The SMILES string of the molecule is CC(=O)O.CCCCC(CC)CCC(=N)N. The highest BCUT2D eigenvalue weighted by Gasteiger charge is 2.05.